The molecule has 4 unspecified atom stereocenters. The summed E-state index contributed by atoms with van der Waals surface area (Å²) in [4.78, 5) is 0. The van der Waals surface area contributed by atoms with Crippen molar-refractivity contribution in [3.8, 4) is 0 Å². The Balaban J connectivity index is 1.92. The maximum absolute atomic E-state index is 7.71. The Kier molecular flexibility index (Phi) is 8.88. The second-order valence-corrected chi connectivity index (χ2v) is 11.9. The van der Waals surface area contributed by atoms with Gasteiger partial charge in [-0.05, 0) is 100 Å². The summed E-state index contributed by atoms with van der Waals surface area (Å²) in [5, 5.41) is 0. The Morgan fingerprint density at radius 2 is 1.81 bits per heavy atom. The van der Waals surface area contributed by atoms with Gasteiger partial charge in [0.15, 0.2) is 0 Å². The fourth-order valence-electron chi connectivity index (χ4n) is 7.35. The van der Waals surface area contributed by atoms with E-state index in [9.17, 15) is 0 Å². The molecule has 0 aliphatic heterocycles. The van der Waals surface area contributed by atoms with E-state index >= 15 is 0 Å². The molecule has 2 N–H and O–H groups in total. The van der Waals surface area contributed by atoms with Gasteiger partial charge < -0.3 is 5.73 Å². The van der Waals surface area contributed by atoms with Crippen LogP contribution in [0.25, 0.3) is 5.57 Å². The SMILES string of the molecule is C=C1C=C(C(=C)C)C2(C)CCC(CCCC(=C)c3ccccc3)C(C)(CCC(C=CC)=CC)C2(N)C1. The van der Waals surface area contributed by atoms with E-state index in [0.717, 1.165) is 49.7 Å². The maximum atomic E-state index is 7.71. The first-order valence-corrected chi connectivity index (χ1v) is 13.9. The topological polar surface area (TPSA) is 26.0 Å². The van der Waals surface area contributed by atoms with Gasteiger partial charge in [-0.25, -0.2) is 0 Å². The van der Waals surface area contributed by atoms with E-state index in [1.54, 1.807) is 0 Å². The minimum atomic E-state index is -0.353. The molecule has 194 valence electrons. The van der Waals surface area contributed by atoms with Crippen LogP contribution in [0.3, 0.4) is 0 Å². The highest BCUT2D eigenvalue weighted by Gasteiger charge is 2.63. The maximum Gasteiger partial charge on any atom is 0.0347 e. The van der Waals surface area contributed by atoms with E-state index in [1.165, 1.54) is 35.1 Å². The van der Waals surface area contributed by atoms with Crippen LogP contribution >= 0.6 is 0 Å². The van der Waals surface area contributed by atoms with Gasteiger partial charge in [0.2, 0.25) is 0 Å². The monoisotopic (exact) mass is 483 g/mol. The highest BCUT2D eigenvalue weighted by atomic mass is 14.9. The van der Waals surface area contributed by atoms with E-state index < -0.39 is 0 Å². The quantitative estimate of drug-likeness (QED) is 0.329. The van der Waals surface area contributed by atoms with Crippen LogP contribution in [0.15, 0.2) is 96.7 Å². The number of nitrogens with two attached hydrogens (primary N) is 1. The molecule has 36 heavy (non-hydrogen) atoms. The van der Waals surface area contributed by atoms with Crippen molar-refractivity contribution in [2.24, 2.45) is 22.5 Å². The minimum Gasteiger partial charge on any atom is -0.324 e. The normalized spacial score (nSPS) is 30.7. The molecule has 0 spiro atoms. The van der Waals surface area contributed by atoms with Crippen LogP contribution in [0.2, 0.25) is 0 Å². The van der Waals surface area contributed by atoms with Gasteiger partial charge in [0.25, 0.3) is 0 Å². The van der Waals surface area contributed by atoms with E-state index in [1.807, 2.05) is 0 Å². The molecule has 1 nitrogen and oxygen atoms in total. The van der Waals surface area contributed by atoms with Crippen molar-refractivity contribution in [2.75, 3.05) is 0 Å². The largest absolute Gasteiger partial charge is 0.324 e. The molecule has 2 aliphatic rings. The second-order valence-electron chi connectivity index (χ2n) is 11.9. The summed E-state index contributed by atoms with van der Waals surface area (Å²) >= 11 is 0. The van der Waals surface area contributed by atoms with Crippen molar-refractivity contribution >= 4 is 5.57 Å². The standard InChI is InChI=1S/C35H49N/c1-9-15-29(10-2)20-22-33(7)31(19-14-16-28(6)30-17-12-11-13-18-30)21-23-34(8)32(26(3)4)24-27(5)25-35(33,34)36/h9-13,15,17-18,24,31H,3,5-6,14,16,19-23,25,36H2,1-2,4,7-8H3. The van der Waals surface area contributed by atoms with Gasteiger partial charge in [0, 0.05) is 11.0 Å². The van der Waals surface area contributed by atoms with Gasteiger partial charge in [-0.1, -0.05) is 105 Å². The van der Waals surface area contributed by atoms with Crippen LogP contribution in [0, 0.1) is 16.7 Å². The summed E-state index contributed by atoms with van der Waals surface area (Å²) in [5.74, 6) is 0.570. The molecule has 0 saturated heterocycles. The lowest BCUT2D eigenvalue weighted by atomic mass is 9.41. The number of hydrogen-bond acceptors (Lipinski definition) is 1. The minimum absolute atomic E-state index is 0.0121. The number of rotatable bonds is 10. The Morgan fingerprint density at radius 3 is 2.42 bits per heavy atom. The summed E-state index contributed by atoms with van der Waals surface area (Å²) < 4.78 is 0. The van der Waals surface area contributed by atoms with Crippen molar-refractivity contribution in [1.29, 1.82) is 0 Å². The summed E-state index contributed by atoms with van der Waals surface area (Å²) in [6.45, 7) is 24.5. The molecule has 1 saturated carbocycles. The van der Waals surface area contributed by atoms with Crippen molar-refractivity contribution in [2.45, 2.75) is 91.5 Å². The summed E-state index contributed by atoms with van der Waals surface area (Å²) in [5.41, 5.74) is 14.8. The fraction of sp³-hybridized carbons (Fsp3) is 0.486. The molecule has 3 rings (SSSR count). The third-order valence-electron chi connectivity index (χ3n) is 9.70. The summed E-state index contributed by atoms with van der Waals surface area (Å²) in [6, 6.07) is 10.6. The molecule has 1 heteroatoms. The molecule has 0 heterocycles. The van der Waals surface area contributed by atoms with Crippen LogP contribution in [0.1, 0.15) is 91.5 Å². The lowest BCUT2D eigenvalue weighted by molar-refractivity contribution is -0.0739. The zero-order valence-electron chi connectivity index (χ0n) is 23.6. The zero-order valence-corrected chi connectivity index (χ0v) is 23.6. The average Bonchev–Trinajstić information content (AvgIpc) is 2.85. The van der Waals surface area contributed by atoms with Gasteiger partial charge in [-0.3, -0.25) is 0 Å². The van der Waals surface area contributed by atoms with Crippen molar-refractivity contribution < 1.29 is 0 Å². The highest BCUT2D eigenvalue weighted by Crippen LogP contribution is 2.65. The molecule has 4 atom stereocenters. The Bertz CT molecular complexity index is 1070. The van der Waals surface area contributed by atoms with Crippen LogP contribution < -0.4 is 5.73 Å². The number of allylic oxidation sites excluding steroid dienone is 7. The van der Waals surface area contributed by atoms with Crippen LogP contribution in [-0.4, -0.2) is 5.54 Å². The average molecular weight is 484 g/mol. The first-order chi connectivity index (χ1) is 17.0. The first kappa shape index (κ1) is 28.2. The second kappa shape index (κ2) is 11.3. The van der Waals surface area contributed by atoms with Gasteiger partial charge >= 0.3 is 0 Å². The van der Waals surface area contributed by atoms with Crippen molar-refractivity contribution in [1.82, 2.24) is 0 Å². The van der Waals surface area contributed by atoms with Crippen molar-refractivity contribution in [3.63, 3.8) is 0 Å². The molecule has 2 aliphatic carbocycles. The van der Waals surface area contributed by atoms with Crippen LogP contribution in [0.5, 0.6) is 0 Å². The molecule has 1 fully saturated rings. The van der Waals surface area contributed by atoms with Crippen LogP contribution in [0.4, 0.5) is 0 Å². The zero-order chi connectivity index (χ0) is 26.6. The fourth-order valence-corrected chi connectivity index (χ4v) is 7.35. The molecular weight excluding hydrogens is 434 g/mol. The number of hydrogen-bond donors (Lipinski definition) is 1. The van der Waals surface area contributed by atoms with E-state index in [4.69, 9.17) is 5.73 Å². The molecule has 1 aromatic rings. The molecular formula is C35H49N. The van der Waals surface area contributed by atoms with Gasteiger partial charge in [0.05, 0.1) is 0 Å². The van der Waals surface area contributed by atoms with Crippen molar-refractivity contribution in [3.05, 3.63) is 102 Å². The third-order valence-corrected chi connectivity index (χ3v) is 9.70. The van der Waals surface area contributed by atoms with E-state index in [2.05, 4.69) is 109 Å². The van der Waals surface area contributed by atoms with E-state index in [0.29, 0.717) is 5.92 Å². The van der Waals surface area contributed by atoms with E-state index in [-0.39, 0.29) is 16.4 Å². The Morgan fingerprint density at radius 1 is 1.11 bits per heavy atom. The van der Waals surface area contributed by atoms with Gasteiger partial charge in [-0.2, -0.15) is 0 Å². The predicted molar refractivity (Wildman–Crippen MR) is 160 cm³/mol. The van der Waals surface area contributed by atoms with Gasteiger partial charge in [-0.15, -0.1) is 0 Å². The molecule has 1 aromatic carbocycles. The Hall–Kier alpha value is -2.38. The predicted octanol–water partition coefficient (Wildman–Crippen LogP) is 9.76. The number of fused-ring (bicyclic) bond motifs is 1. The summed E-state index contributed by atoms with van der Waals surface area (Å²) in [6.07, 6.45) is 17.6. The lowest BCUT2D eigenvalue weighted by Crippen LogP contribution is -2.70. The molecule has 0 radical (unpaired) electrons. The Labute approximate surface area is 221 Å². The van der Waals surface area contributed by atoms with Crippen LogP contribution in [-0.2, 0) is 0 Å². The molecule has 0 aromatic heterocycles. The first-order valence-electron chi connectivity index (χ1n) is 13.9. The van der Waals surface area contributed by atoms with Gasteiger partial charge in [0.1, 0.15) is 0 Å². The summed E-state index contributed by atoms with van der Waals surface area (Å²) in [7, 11) is 0. The lowest BCUT2D eigenvalue weighted by Gasteiger charge is -2.66. The molecule has 0 bridgehead atoms. The number of benzene rings is 1. The third kappa shape index (κ3) is 5.18. The molecule has 0 amide bonds. The highest BCUT2D eigenvalue weighted by molar-refractivity contribution is 5.62. The smallest absolute Gasteiger partial charge is 0.0347 e.